The van der Waals surface area contributed by atoms with E-state index < -0.39 is 0 Å². The van der Waals surface area contributed by atoms with Crippen molar-refractivity contribution >= 4 is 53.3 Å². The highest BCUT2D eigenvalue weighted by Crippen LogP contribution is 2.44. The molecule has 0 aliphatic heterocycles. The molecule has 10 rings (SSSR count). The Kier molecular flexibility index (Phi) is 6.68. The Morgan fingerprint density at radius 1 is 0.440 bits per heavy atom. The predicted octanol–water partition coefficient (Wildman–Crippen LogP) is 12.6. The number of rotatable bonds is 5. The number of benzene rings is 7. The first-order valence-electron chi connectivity index (χ1n) is 16.8. The monoisotopic (exact) mass is 655 g/mol. The fourth-order valence-electron chi connectivity index (χ4n) is 7.38. The number of hydrogen-bond donors (Lipinski definition) is 0. The zero-order valence-electron chi connectivity index (χ0n) is 27.0. The maximum atomic E-state index is 5.18. The summed E-state index contributed by atoms with van der Waals surface area (Å²) < 4.78 is 4.83. The van der Waals surface area contributed by atoms with Gasteiger partial charge in [-0.1, -0.05) is 140 Å². The van der Waals surface area contributed by atoms with E-state index in [2.05, 4.69) is 168 Å². The molecule has 0 bridgehead atoms. The maximum absolute atomic E-state index is 5.18. The average molecular weight is 656 g/mol. The van der Waals surface area contributed by atoms with Crippen molar-refractivity contribution in [1.82, 2.24) is 14.5 Å². The lowest BCUT2D eigenvalue weighted by Crippen LogP contribution is -2.01. The molecule has 0 atom stereocenters. The molecule has 0 aliphatic carbocycles. The van der Waals surface area contributed by atoms with Crippen molar-refractivity contribution in [3.63, 3.8) is 0 Å². The molecule has 0 spiro atoms. The van der Waals surface area contributed by atoms with Crippen LogP contribution in [0.25, 0.3) is 92.6 Å². The van der Waals surface area contributed by atoms with Crippen LogP contribution >= 0.6 is 11.3 Å². The largest absolute Gasteiger partial charge is 0.278 e. The molecule has 4 heteroatoms. The topological polar surface area (TPSA) is 30.7 Å². The van der Waals surface area contributed by atoms with Gasteiger partial charge in [-0.05, 0) is 58.1 Å². The van der Waals surface area contributed by atoms with Gasteiger partial charge in [-0.15, -0.1) is 11.3 Å². The third kappa shape index (κ3) is 4.65. The van der Waals surface area contributed by atoms with Gasteiger partial charge < -0.3 is 0 Å². The lowest BCUT2D eigenvalue weighted by Gasteiger charge is -2.10. The van der Waals surface area contributed by atoms with E-state index >= 15 is 0 Å². The van der Waals surface area contributed by atoms with Gasteiger partial charge in [0.25, 0.3) is 0 Å². The van der Waals surface area contributed by atoms with E-state index in [-0.39, 0.29) is 0 Å². The van der Waals surface area contributed by atoms with Gasteiger partial charge in [0, 0.05) is 48.3 Å². The lowest BCUT2D eigenvalue weighted by molar-refractivity contribution is 0.992. The maximum Gasteiger partial charge on any atom is 0.235 e. The highest BCUT2D eigenvalue weighted by atomic mass is 32.1. The lowest BCUT2D eigenvalue weighted by atomic mass is 9.98. The van der Waals surface area contributed by atoms with E-state index in [1.54, 1.807) is 0 Å². The predicted molar refractivity (Wildman–Crippen MR) is 211 cm³/mol. The van der Waals surface area contributed by atoms with E-state index in [0.717, 1.165) is 22.3 Å². The summed E-state index contributed by atoms with van der Waals surface area (Å²) in [6, 6.07) is 60.5. The molecule has 0 unspecified atom stereocenters. The quantitative estimate of drug-likeness (QED) is 0.185. The molecule has 50 heavy (non-hydrogen) atoms. The molecule has 0 radical (unpaired) electrons. The second-order valence-corrected chi connectivity index (χ2v) is 13.7. The van der Waals surface area contributed by atoms with E-state index in [1.807, 2.05) is 23.6 Å². The van der Waals surface area contributed by atoms with Crippen molar-refractivity contribution in [2.24, 2.45) is 0 Å². The van der Waals surface area contributed by atoms with Crippen LogP contribution in [0.2, 0.25) is 0 Å². The Balaban J connectivity index is 1.08. The minimum Gasteiger partial charge on any atom is -0.278 e. The van der Waals surface area contributed by atoms with Crippen molar-refractivity contribution in [2.75, 3.05) is 0 Å². The van der Waals surface area contributed by atoms with Crippen molar-refractivity contribution in [3.05, 3.63) is 176 Å². The molecule has 0 aliphatic rings. The first-order chi connectivity index (χ1) is 24.8. The summed E-state index contributed by atoms with van der Waals surface area (Å²) in [5.41, 5.74) is 11.4. The third-order valence-corrected chi connectivity index (χ3v) is 10.9. The van der Waals surface area contributed by atoms with Crippen LogP contribution in [0.15, 0.2) is 176 Å². The number of thiophene rings is 1. The molecular weight excluding hydrogens is 627 g/mol. The summed E-state index contributed by atoms with van der Waals surface area (Å²) in [5, 5.41) is 5.01. The summed E-state index contributed by atoms with van der Waals surface area (Å²) in [6.45, 7) is 0. The number of nitrogens with zero attached hydrogens (tertiary/aromatic N) is 3. The molecule has 10 aromatic rings. The molecule has 0 saturated heterocycles. The first-order valence-corrected chi connectivity index (χ1v) is 17.6. The number of aromatic nitrogens is 3. The van der Waals surface area contributed by atoms with Crippen molar-refractivity contribution in [1.29, 1.82) is 0 Å². The van der Waals surface area contributed by atoms with E-state index in [4.69, 9.17) is 9.97 Å². The smallest absolute Gasteiger partial charge is 0.235 e. The van der Waals surface area contributed by atoms with Crippen LogP contribution in [-0.2, 0) is 0 Å². The molecule has 7 aromatic carbocycles. The molecule has 0 saturated carbocycles. The van der Waals surface area contributed by atoms with Gasteiger partial charge in [0.15, 0.2) is 0 Å². The van der Waals surface area contributed by atoms with Crippen molar-refractivity contribution < 1.29 is 0 Å². The van der Waals surface area contributed by atoms with Gasteiger partial charge in [-0.3, -0.25) is 4.57 Å². The Hall–Kier alpha value is -6.36. The van der Waals surface area contributed by atoms with Crippen LogP contribution in [0.5, 0.6) is 0 Å². The summed E-state index contributed by atoms with van der Waals surface area (Å²) >= 11 is 1.87. The molecule has 0 fully saturated rings. The zero-order valence-corrected chi connectivity index (χ0v) is 27.8. The number of fused-ring (bicyclic) bond motifs is 6. The molecule has 0 amide bonds. The number of hydrogen-bond acceptors (Lipinski definition) is 3. The summed E-state index contributed by atoms with van der Waals surface area (Å²) in [6.07, 6.45) is 1.87. The van der Waals surface area contributed by atoms with Crippen LogP contribution in [0, 0.1) is 0 Å². The van der Waals surface area contributed by atoms with Gasteiger partial charge in [0.05, 0.1) is 16.7 Å². The minimum absolute atomic E-state index is 0.658. The Morgan fingerprint density at radius 2 is 1.06 bits per heavy atom. The second-order valence-electron chi connectivity index (χ2n) is 12.6. The second kappa shape index (κ2) is 11.7. The van der Waals surface area contributed by atoms with Crippen LogP contribution in [0.4, 0.5) is 0 Å². The standard InChI is InChI=1S/C46H29N3S/c1-2-11-30(12-3-1)33-13-8-14-34(29-33)31-23-25-32(26-24-31)40-27-28-47-46(48-40)49-41-20-6-4-16-39(41)44-36(17-10-21-42(44)49)38-19-9-18-37-35-15-5-7-22-43(35)50-45(37)38/h1-29H. The van der Waals surface area contributed by atoms with Crippen LogP contribution in [0.1, 0.15) is 0 Å². The third-order valence-electron chi connectivity index (χ3n) is 9.72. The van der Waals surface area contributed by atoms with Gasteiger partial charge in [-0.25, -0.2) is 9.97 Å². The molecule has 3 heterocycles. The Morgan fingerprint density at radius 3 is 1.92 bits per heavy atom. The average Bonchev–Trinajstić information content (AvgIpc) is 3.75. The Labute approximate surface area is 293 Å². The van der Waals surface area contributed by atoms with E-state index in [1.165, 1.54) is 64.3 Å². The molecular formula is C46H29N3S. The minimum atomic E-state index is 0.658. The van der Waals surface area contributed by atoms with Crippen LogP contribution < -0.4 is 0 Å². The molecule has 3 nitrogen and oxygen atoms in total. The van der Waals surface area contributed by atoms with E-state index in [0.29, 0.717) is 5.95 Å². The zero-order chi connectivity index (χ0) is 33.0. The fourth-order valence-corrected chi connectivity index (χ4v) is 8.61. The molecule has 234 valence electrons. The SMILES string of the molecule is c1ccc(-c2cccc(-c3ccc(-c4ccnc(-n5c6ccccc6c6c(-c7cccc8c7sc7ccccc78)cccc65)n4)cc3)c2)cc1. The number of para-hydroxylation sites is 1. The fraction of sp³-hybridized carbons (Fsp3) is 0. The highest BCUT2D eigenvalue weighted by Gasteiger charge is 2.19. The van der Waals surface area contributed by atoms with Crippen molar-refractivity contribution in [3.8, 4) is 50.6 Å². The van der Waals surface area contributed by atoms with Crippen LogP contribution in [0.3, 0.4) is 0 Å². The summed E-state index contributed by atoms with van der Waals surface area (Å²) in [4.78, 5) is 10.0. The molecule has 3 aromatic heterocycles. The van der Waals surface area contributed by atoms with Gasteiger partial charge in [0.2, 0.25) is 5.95 Å². The highest BCUT2D eigenvalue weighted by molar-refractivity contribution is 7.26. The summed E-state index contributed by atoms with van der Waals surface area (Å²) in [7, 11) is 0. The van der Waals surface area contributed by atoms with Crippen LogP contribution in [-0.4, -0.2) is 14.5 Å². The Bertz CT molecular complexity index is 2860. The van der Waals surface area contributed by atoms with Gasteiger partial charge >= 0.3 is 0 Å². The first kappa shape index (κ1) is 28.6. The normalized spacial score (nSPS) is 11.6. The van der Waals surface area contributed by atoms with Gasteiger partial charge in [-0.2, -0.15) is 0 Å². The van der Waals surface area contributed by atoms with Crippen molar-refractivity contribution in [2.45, 2.75) is 0 Å². The van der Waals surface area contributed by atoms with E-state index in [9.17, 15) is 0 Å². The van der Waals surface area contributed by atoms with Gasteiger partial charge in [0.1, 0.15) is 0 Å². The summed E-state index contributed by atoms with van der Waals surface area (Å²) in [5.74, 6) is 0.658. The molecule has 0 N–H and O–H groups in total.